The molecule has 0 spiro atoms. The molecule has 0 aliphatic carbocycles. The molecule has 0 amide bonds. The van der Waals surface area contributed by atoms with Gasteiger partial charge in [-0.2, -0.15) is 0 Å². The molecule has 0 atom stereocenters. The summed E-state index contributed by atoms with van der Waals surface area (Å²) in [6, 6.07) is 10.5. The van der Waals surface area contributed by atoms with E-state index in [1.54, 1.807) is 0 Å². The van der Waals surface area contributed by atoms with Gasteiger partial charge in [-0.1, -0.05) is 24.3 Å². The number of aryl methyl sites for hydroxylation is 1. The Morgan fingerprint density at radius 3 is 2.50 bits per heavy atom. The van der Waals surface area contributed by atoms with Crippen LogP contribution in [0.5, 0.6) is 0 Å². The lowest BCUT2D eigenvalue weighted by atomic mass is 10.0. The predicted octanol–water partition coefficient (Wildman–Crippen LogP) is 3.12. The Bertz CT molecular complexity index is 490. The van der Waals surface area contributed by atoms with Crippen molar-refractivity contribution in [2.75, 3.05) is 19.0 Å². The van der Waals surface area contributed by atoms with Crippen LogP contribution in [0.2, 0.25) is 0 Å². The molecular formula is C14H16N2. The molecular weight excluding hydrogens is 196 g/mol. The van der Waals surface area contributed by atoms with Gasteiger partial charge in [0.2, 0.25) is 0 Å². The zero-order chi connectivity index (χ0) is 11.5. The van der Waals surface area contributed by atoms with E-state index in [-0.39, 0.29) is 0 Å². The number of aromatic nitrogens is 1. The van der Waals surface area contributed by atoms with Gasteiger partial charge in [0.1, 0.15) is 0 Å². The van der Waals surface area contributed by atoms with E-state index in [9.17, 15) is 0 Å². The molecule has 0 saturated carbocycles. The number of nitrogens with zero attached hydrogens (tertiary/aromatic N) is 2. The van der Waals surface area contributed by atoms with Crippen molar-refractivity contribution < 1.29 is 0 Å². The molecule has 2 nitrogen and oxygen atoms in total. The van der Waals surface area contributed by atoms with Gasteiger partial charge >= 0.3 is 0 Å². The largest absolute Gasteiger partial charge is 0.376 e. The first kappa shape index (κ1) is 10.7. The molecule has 0 N–H and O–H groups in total. The van der Waals surface area contributed by atoms with Crippen molar-refractivity contribution in [1.82, 2.24) is 4.98 Å². The first-order valence-electron chi connectivity index (χ1n) is 5.37. The van der Waals surface area contributed by atoms with Gasteiger partial charge in [-0.25, -0.2) is 0 Å². The Hall–Kier alpha value is -1.83. The molecule has 82 valence electrons. The highest BCUT2D eigenvalue weighted by atomic mass is 15.1. The van der Waals surface area contributed by atoms with Crippen LogP contribution in [-0.2, 0) is 0 Å². The maximum absolute atomic E-state index is 4.28. The van der Waals surface area contributed by atoms with Crippen LogP contribution in [0.1, 0.15) is 5.56 Å². The van der Waals surface area contributed by atoms with Crippen LogP contribution >= 0.6 is 0 Å². The fourth-order valence-corrected chi connectivity index (χ4v) is 1.72. The lowest BCUT2D eigenvalue weighted by Crippen LogP contribution is -2.08. The van der Waals surface area contributed by atoms with Gasteiger partial charge in [0.25, 0.3) is 0 Å². The molecule has 0 radical (unpaired) electrons. The van der Waals surface area contributed by atoms with Crippen molar-refractivity contribution in [2.45, 2.75) is 6.92 Å². The highest BCUT2D eigenvalue weighted by molar-refractivity contribution is 5.69. The third-order valence-electron chi connectivity index (χ3n) is 2.70. The van der Waals surface area contributed by atoms with Crippen LogP contribution in [-0.4, -0.2) is 19.1 Å². The summed E-state index contributed by atoms with van der Waals surface area (Å²) < 4.78 is 0. The quantitative estimate of drug-likeness (QED) is 0.760. The fourth-order valence-electron chi connectivity index (χ4n) is 1.72. The number of benzene rings is 1. The minimum absolute atomic E-state index is 1.13. The topological polar surface area (TPSA) is 16.1 Å². The maximum Gasteiger partial charge on any atom is 0.0553 e. The van der Waals surface area contributed by atoms with Crippen molar-refractivity contribution in [2.24, 2.45) is 0 Å². The lowest BCUT2D eigenvalue weighted by Gasteiger charge is -2.13. The van der Waals surface area contributed by atoms with Crippen LogP contribution in [0.25, 0.3) is 11.1 Å². The predicted molar refractivity (Wildman–Crippen MR) is 68.7 cm³/mol. The summed E-state index contributed by atoms with van der Waals surface area (Å²) in [5.41, 5.74) is 4.82. The monoisotopic (exact) mass is 212 g/mol. The van der Waals surface area contributed by atoms with Crippen molar-refractivity contribution in [3.8, 4) is 11.1 Å². The normalized spacial score (nSPS) is 10.2. The summed E-state index contributed by atoms with van der Waals surface area (Å²) in [7, 11) is 4.05. The van der Waals surface area contributed by atoms with E-state index in [0.29, 0.717) is 0 Å². The zero-order valence-corrected chi connectivity index (χ0v) is 9.94. The lowest BCUT2D eigenvalue weighted by molar-refractivity contribution is 1.11. The molecule has 0 aliphatic rings. The number of hydrogen-bond acceptors (Lipinski definition) is 2. The van der Waals surface area contributed by atoms with Crippen LogP contribution in [0.3, 0.4) is 0 Å². The van der Waals surface area contributed by atoms with E-state index < -0.39 is 0 Å². The first-order chi connectivity index (χ1) is 7.68. The highest BCUT2D eigenvalue weighted by Crippen LogP contribution is 2.25. The molecule has 0 saturated heterocycles. The van der Waals surface area contributed by atoms with Gasteiger partial charge in [-0.05, 0) is 24.1 Å². The molecule has 1 aromatic carbocycles. The Kier molecular flexibility index (Phi) is 2.91. The molecule has 16 heavy (non-hydrogen) atoms. The number of anilines is 1. The Morgan fingerprint density at radius 1 is 1.06 bits per heavy atom. The number of pyridine rings is 1. The third kappa shape index (κ3) is 2.06. The molecule has 0 aliphatic heterocycles. The van der Waals surface area contributed by atoms with Gasteiger partial charge in [-0.15, -0.1) is 0 Å². The molecule has 2 aromatic rings. The summed E-state index contributed by atoms with van der Waals surface area (Å²) in [5.74, 6) is 0. The molecule has 2 rings (SSSR count). The van der Waals surface area contributed by atoms with Crippen molar-refractivity contribution >= 4 is 5.69 Å². The minimum atomic E-state index is 1.13. The second kappa shape index (κ2) is 4.35. The molecule has 1 heterocycles. The molecule has 1 aromatic heterocycles. The number of rotatable bonds is 2. The Balaban J connectivity index is 2.49. The molecule has 0 unspecified atom stereocenters. The summed E-state index contributed by atoms with van der Waals surface area (Å²) in [4.78, 5) is 6.35. The van der Waals surface area contributed by atoms with Crippen LogP contribution in [0, 0.1) is 6.92 Å². The second-order valence-electron chi connectivity index (χ2n) is 4.14. The average molecular weight is 212 g/mol. The van der Waals surface area contributed by atoms with Crippen LogP contribution < -0.4 is 4.90 Å². The summed E-state index contributed by atoms with van der Waals surface area (Å²) in [5, 5.41) is 0. The van der Waals surface area contributed by atoms with E-state index in [4.69, 9.17) is 0 Å². The van der Waals surface area contributed by atoms with E-state index in [1.165, 1.54) is 16.7 Å². The van der Waals surface area contributed by atoms with E-state index in [1.807, 2.05) is 26.5 Å². The van der Waals surface area contributed by atoms with Gasteiger partial charge in [0, 0.05) is 25.9 Å². The minimum Gasteiger partial charge on any atom is -0.376 e. The first-order valence-corrected chi connectivity index (χ1v) is 5.37. The van der Waals surface area contributed by atoms with Gasteiger partial charge in [0.15, 0.2) is 0 Å². The van der Waals surface area contributed by atoms with Gasteiger partial charge in [0.05, 0.1) is 11.9 Å². The Morgan fingerprint density at radius 2 is 1.81 bits per heavy atom. The van der Waals surface area contributed by atoms with Crippen molar-refractivity contribution in [1.29, 1.82) is 0 Å². The van der Waals surface area contributed by atoms with Crippen LogP contribution in [0.4, 0.5) is 5.69 Å². The summed E-state index contributed by atoms with van der Waals surface area (Å²) in [6.07, 6.45) is 3.79. The summed E-state index contributed by atoms with van der Waals surface area (Å²) in [6.45, 7) is 2.12. The van der Waals surface area contributed by atoms with E-state index in [2.05, 4.69) is 47.1 Å². The summed E-state index contributed by atoms with van der Waals surface area (Å²) >= 11 is 0. The average Bonchev–Trinajstić information content (AvgIpc) is 2.30. The van der Waals surface area contributed by atoms with Gasteiger partial charge < -0.3 is 4.90 Å². The van der Waals surface area contributed by atoms with Crippen molar-refractivity contribution in [3.05, 3.63) is 48.3 Å². The second-order valence-corrected chi connectivity index (χ2v) is 4.14. The number of hydrogen-bond donors (Lipinski definition) is 0. The molecule has 2 heteroatoms. The molecule has 0 fully saturated rings. The van der Waals surface area contributed by atoms with E-state index >= 15 is 0 Å². The fraction of sp³-hybridized carbons (Fsp3) is 0.214. The highest BCUT2D eigenvalue weighted by Gasteiger charge is 2.03. The van der Waals surface area contributed by atoms with E-state index in [0.717, 1.165) is 5.69 Å². The molecule has 0 bridgehead atoms. The smallest absolute Gasteiger partial charge is 0.0553 e. The van der Waals surface area contributed by atoms with Crippen molar-refractivity contribution in [3.63, 3.8) is 0 Å². The van der Waals surface area contributed by atoms with Gasteiger partial charge in [-0.3, -0.25) is 4.98 Å². The SMILES string of the molecule is Cc1ccccc1-c1cncc(N(C)C)c1. The standard InChI is InChI=1S/C14H16N2/c1-11-6-4-5-7-14(11)12-8-13(16(2)3)10-15-9-12/h4-10H,1-3H3. The maximum atomic E-state index is 4.28. The zero-order valence-electron chi connectivity index (χ0n) is 9.94. The third-order valence-corrected chi connectivity index (χ3v) is 2.70. The van der Waals surface area contributed by atoms with Crippen LogP contribution in [0.15, 0.2) is 42.7 Å². The Labute approximate surface area is 96.6 Å².